The molecule has 0 N–H and O–H groups in total. The molecule has 0 aliphatic rings. The van der Waals surface area contributed by atoms with E-state index in [1.807, 2.05) is 48.5 Å². The average molecular weight is 558 g/mol. The standard InChI is InChI=1S/C14H17N2O.C7H7.U/c1-3-9-16(10-4-2)14-8-7-13(12-15-14)6-5-11-17;1-7-5-3-2-4-6-7;/h3,5-8,12H,1,4,9-10H2,2H3;2-6H,1H2;/q2*-1;+2/b6-5+;;. The van der Waals surface area contributed by atoms with Crippen molar-refractivity contribution >= 4 is 18.2 Å². The van der Waals surface area contributed by atoms with E-state index >= 15 is 0 Å². The second kappa shape index (κ2) is 14.6. The zero-order valence-electron chi connectivity index (χ0n) is 14.7. The van der Waals surface area contributed by atoms with Crippen LogP contribution in [0.1, 0.15) is 24.5 Å². The number of anilines is 1. The van der Waals surface area contributed by atoms with Gasteiger partial charge in [-0.3, -0.25) is 0 Å². The molecule has 2 rings (SSSR count). The first-order valence-corrected chi connectivity index (χ1v) is 7.94. The topological polar surface area (TPSA) is 33.2 Å². The van der Waals surface area contributed by atoms with Crippen molar-refractivity contribution in [2.45, 2.75) is 13.3 Å². The van der Waals surface area contributed by atoms with Crippen LogP contribution in [-0.4, -0.2) is 24.4 Å². The van der Waals surface area contributed by atoms with Gasteiger partial charge in [-0.25, -0.2) is 4.98 Å². The zero-order valence-corrected chi connectivity index (χ0v) is 18.9. The van der Waals surface area contributed by atoms with Gasteiger partial charge >= 0.3 is 31.1 Å². The van der Waals surface area contributed by atoms with Crippen molar-refractivity contribution in [1.29, 1.82) is 0 Å². The molecule has 4 heteroatoms. The Kier molecular flexibility index (Phi) is 13.5. The molecule has 0 unspecified atom stereocenters. The van der Waals surface area contributed by atoms with Crippen molar-refractivity contribution in [3.63, 3.8) is 0 Å². The van der Waals surface area contributed by atoms with E-state index in [4.69, 9.17) is 0 Å². The minimum Gasteiger partial charge on any atom is -0.419 e. The normalized spacial score (nSPS) is 9.48. The van der Waals surface area contributed by atoms with Gasteiger partial charge in [0.15, 0.2) is 0 Å². The fourth-order valence-corrected chi connectivity index (χ4v) is 2.02. The predicted octanol–water partition coefficient (Wildman–Crippen LogP) is 4.48. The third-order valence-electron chi connectivity index (χ3n) is 3.12. The number of nitrogens with zero attached hydrogens (tertiary/aromatic N) is 2. The van der Waals surface area contributed by atoms with Crippen LogP contribution in [0.3, 0.4) is 0 Å². The van der Waals surface area contributed by atoms with Crippen LogP contribution < -0.4 is 4.90 Å². The molecule has 0 spiro atoms. The van der Waals surface area contributed by atoms with Crippen molar-refractivity contribution < 1.29 is 35.9 Å². The molecule has 0 amide bonds. The van der Waals surface area contributed by atoms with Gasteiger partial charge in [0, 0.05) is 19.3 Å². The summed E-state index contributed by atoms with van der Waals surface area (Å²) in [6.45, 7) is 11.3. The van der Waals surface area contributed by atoms with E-state index in [1.54, 1.807) is 18.6 Å². The Bertz CT molecular complexity index is 624. The molecule has 128 valence electrons. The molecule has 0 aliphatic carbocycles. The minimum absolute atomic E-state index is 0. The molecule has 25 heavy (non-hydrogen) atoms. The molecular weight excluding hydrogens is 534 g/mol. The quantitative estimate of drug-likeness (QED) is 0.286. The Labute approximate surface area is 175 Å². The number of benzene rings is 1. The SMILES string of the molecule is C=CCN(CCC)c1ccc(/C=C/[C-]=O)cn1.[CH2-]c1ccccc1.[U+2]. The summed E-state index contributed by atoms with van der Waals surface area (Å²) in [4.78, 5) is 16.6. The summed E-state index contributed by atoms with van der Waals surface area (Å²) in [7, 11) is 0. The number of hydrogen-bond donors (Lipinski definition) is 0. The molecular formula is C21H24N2OU. The molecule has 1 aromatic carbocycles. The first kappa shape index (κ1) is 23.2. The third kappa shape index (κ3) is 9.96. The smallest absolute Gasteiger partial charge is 0.419 e. The van der Waals surface area contributed by atoms with E-state index < -0.39 is 0 Å². The van der Waals surface area contributed by atoms with Crippen LogP contribution in [0, 0.1) is 38.0 Å². The maximum absolute atomic E-state index is 10.1. The number of allylic oxidation sites excluding steroid dienone is 1. The van der Waals surface area contributed by atoms with Gasteiger partial charge < -0.3 is 9.69 Å². The molecule has 0 saturated heterocycles. The van der Waals surface area contributed by atoms with E-state index in [0.717, 1.165) is 36.5 Å². The van der Waals surface area contributed by atoms with Crippen LogP contribution in [-0.2, 0) is 4.79 Å². The summed E-state index contributed by atoms with van der Waals surface area (Å²) in [6.07, 6.45) is 9.41. The minimum atomic E-state index is 0. The van der Waals surface area contributed by atoms with Gasteiger partial charge in [0.1, 0.15) is 5.82 Å². The summed E-state index contributed by atoms with van der Waals surface area (Å²) in [5, 5.41) is 0. The molecule has 1 heterocycles. The van der Waals surface area contributed by atoms with Crippen LogP contribution in [0.25, 0.3) is 6.08 Å². The summed E-state index contributed by atoms with van der Waals surface area (Å²) >= 11 is 0. The van der Waals surface area contributed by atoms with Gasteiger partial charge in [-0.05, 0) is 18.8 Å². The Morgan fingerprint density at radius 1 is 1.24 bits per heavy atom. The Hall–Kier alpha value is -1.76. The number of carbonyl (C=O) groups excluding carboxylic acids is 1. The fourth-order valence-electron chi connectivity index (χ4n) is 2.02. The second-order valence-corrected chi connectivity index (χ2v) is 5.12. The fraction of sp³-hybridized carbons (Fsp3) is 0.190. The monoisotopic (exact) mass is 558 g/mol. The number of pyridine rings is 1. The second-order valence-electron chi connectivity index (χ2n) is 5.12. The van der Waals surface area contributed by atoms with Crippen molar-refractivity contribution in [3.05, 3.63) is 85.4 Å². The number of hydrogen-bond acceptors (Lipinski definition) is 3. The van der Waals surface area contributed by atoms with Gasteiger partial charge in [0.25, 0.3) is 0 Å². The molecule has 0 aliphatic heterocycles. The number of rotatable bonds is 7. The van der Waals surface area contributed by atoms with Gasteiger partial charge in [-0.1, -0.05) is 30.7 Å². The summed E-state index contributed by atoms with van der Waals surface area (Å²) in [5.41, 5.74) is 1.97. The van der Waals surface area contributed by atoms with Gasteiger partial charge in [-0.2, -0.15) is 36.8 Å². The maximum Gasteiger partial charge on any atom is 2.00 e. The molecule has 0 saturated carbocycles. The Morgan fingerprint density at radius 3 is 2.40 bits per heavy atom. The van der Waals surface area contributed by atoms with Crippen molar-refractivity contribution in [1.82, 2.24) is 4.98 Å². The molecule has 0 fully saturated rings. The molecule has 1 aromatic heterocycles. The third-order valence-corrected chi connectivity index (χ3v) is 3.12. The van der Waals surface area contributed by atoms with Crippen LogP contribution in [0.2, 0.25) is 0 Å². The average Bonchev–Trinajstić information content (AvgIpc) is 2.61. The molecule has 3 nitrogen and oxygen atoms in total. The first-order chi connectivity index (χ1) is 11.7. The molecule has 0 radical (unpaired) electrons. The van der Waals surface area contributed by atoms with E-state index in [9.17, 15) is 4.79 Å². The van der Waals surface area contributed by atoms with Crippen molar-refractivity contribution in [2.75, 3.05) is 18.0 Å². The van der Waals surface area contributed by atoms with Crippen molar-refractivity contribution in [3.8, 4) is 0 Å². The summed E-state index contributed by atoms with van der Waals surface area (Å²) in [5.74, 6) is 0.930. The summed E-state index contributed by atoms with van der Waals surface area (Å²) in [6, 6.07) is 13.8. The van der Waals surface area contributed by atoms with Gasteiger partial charge in [-0.15, -0.1) is 18.7 Å². The van der Waals surface area contributed by atoms with E-state index in [0.29, 0.717) is 0 Å². The maximum atomic E-state index is 10.1. The van der Waals surface area contributed by atoms with E-state index in [2.05, 4.69) is 30.3 Å². The van der Waals surface area contributed by atoms with E-state index in [-0.39, 0.29) is 31.1 Å². The Balaban J connectivity index is 0.000000603. The predicted molar refractivity (Wildman–Crippen MR) is 103 cm³/mol. The number of aromatic nitrogens is 1. The molecule has 0 bridgehead atoms. The van der Waals surface area contributed by atoms with Crippen LogP contribution in [0.4, 0.5) is 5.82 Å². The van der Waals surface area contributed by atoms with Crippen molar-refractivity contribution in [2.24, 2.45) is 0 Å². The van der Waals surface area contributed by atoms with Gasteiger partial charge in [0.2, 0.25) is 0 Å². The van der Waals surface area contributed by atoms with Crippen LogP contribution in [0.15, 0.2) is 67.4 Å². The zero-order chi connectivity index (χ0) is 17.6. The van der Waals surface area contributed by atoms with E-state index in [1.165, 1.54) is 6.08 Å². The largest absolute Gasteiger partial charge is 2.00 e. The summed E-state index contributed by atoms with van der Waals surface area (Å²) < 4.78 is 0. The van der Waals surface area contributed by atoms with Crippen LogP contribution >= 0.6 is 0 Å². The molecule has 2 aromatic rings. The van der Waals surface area contributed by atoms with Crippen LogP contribution in [0.5, 0.6) is 0 Å². The first-order valence-electron chi connectivity index (χ1n) is 7.94. The Morgan fingerprint density at radius 2 is 1.96 bits per heavy atom. The molecule has 0 atom stereocenters. The van der Waals surface area contributed by atoms with Gasteiger partial charge in [0.05, 0.1) is 0 Å².